The van der Waals surface area contributed by atoms with Gasteiger partial charge in [-0.1, -0.05) is 41.9 Å². The number of benzene rings is 3. The van der Waals surface area contributed by atoms with Crippen LogP contribution in [0, 0.1) is 5.82 Å². The molecule has 2 aromatic heterocycles. The SMILES string of the molecule is Cn1c(=O)n(C2CCC(=O)NC2=O)c2ccc(C3CCN(C(=O)Nc4cccc(CS(=O)(=O)N5CC[C@@H](Nc6cccc(-c7sc(C(=O)O)c(OCC(=O)O)c7Cl)c6F)CC5(C)C)c4)CC3)cc21. The van der Waals surface area contributed by atoms with E-state index in [0.717, 1.165) is 5.56 Å². The van der Waals surface area contributed by atoms with Gasteiger partial charge in [0.25, 0.3) is 0 Å². The number of carboxylic acid groups (broad SMARTS) is 2. The van der Waals surface area contributed by atoms with E-state index in [0.29, 0.717) is 72.4 Å². The Morgan fingerprint density at radius 2 is 1.71 bits per heavy atom. The monoisotopic (exact) mass is 993 g/mol. The van der Waals surface area contributed by atoms with Crippen molar-refractivity contribution in [2.75, 3.05) is 36.9 Å². The zero-order valence-electron chi connectivity index (χ0n) is 37.2. The highest BCUT2D eigenvalue weighted by Crippen LogP contribution is 2.47. The quantitative estimate of drug-likeness (QED) is 0.0785. The standard InChI is InChI=1S/C46H49ClFN7O11S2/c1-46(2)22-29(49-31-9-5-8-30(38(31)48)40-37(47)39(66-23-36(57)58)41(67-40)43(60)61)16-19-54(46)68(64,65)24-25-6-4-7-28(20-25)50-44(62)53-17-14-26(15-18-53)27-10-11-32-34(21-27)52(3)45(63)55(32)33-12-13-35(56)51-42(33)59/h4-11,20-21,26,29,33,49H,12-19,22-24H2,1-3H3,(H,50,62)(H,57,58)(H,60,61)(H,51,56,59)/t29-,33?/m1/s1. The molecule has 3 saturated heterocycles. The lowest BCUT2D eigenvalue weighted by Gasteiger charge is -2.45. The predicted molar refractivity (Wildman–Crippen MR) is 252 cm³/mol. The summed E-state index contributed by atoms with van der Waals surface area (Å²) in [6.45, 7) is 3.79. The van der Waals surface area contributed by atoms with Crippen LogP contribution < -0.4 is 26.4 Å². The lowest BCUT2D eigenvalue weighted by atomic mass is 9.89. The van der Waals surface area contributed by atoms with Crippen molar-refractivity contribution in [3.8, 4) is 16.2 Å². The van der Waals surface area contributed by atoms with E-state index in [-0.39, 0.29) is 86.5 Å². The molecule has 0 radical (unpaired) electrons. The summed E-state index contributed by atoms with van der Waals surface area (Å²) in [4.78, 5) is 75.4. The van der Waals surface area contributed by atoms with Gasteiger partial charge in [0.15, 0.2) is 23.1 Å². The molecule has 3 aliphatic rings. The first-order valence-corrected chi connectivity index (χ1v) is 24.7. The molecule has 3 aromatic carbocycles. The van der Waals surface area contributed by atoms with Gasteiger partial charge in [-0.2, -0.15) is 4.31 Å². The molecule has 1 unspecified atom stereocenters. The van der Waals surface area contributed by atoms with Crippen LogP contribution in [0.5, 0.6) is 5.75 Å². The Kier molecular flexibility index (Phi) is 13.5. The second kappa shape index (κ2) is 19.0. The minimum absolute atomic E-state index is 0.0247. The number of hydrogen-bond donors (Lipinski definition) is 5. The second-order valence-corrected chi connectivity index (χ2v) is 21.1. The van der Waals surface area contributed by atoms with Gasteiger partial charge in [0.2, 0.25) is 21.8 Å². The van der Waals surface area contributed by atoms with Crippen molar-refractivity contribution in [2.24, 2.45) is 7.05 Å². The van der Waals surface area contributed by atoms with Gasteiger partial charge in [0, 0.05) is 55.9 Å². The largest absolute Gasteiger partial charge is 0.479 e. The minimum Gasteiger partial charge on any atom is -0.479 e. The number of ether oxygens (including phenoxy) is 1. The zero-order chi connectivity index (χ0) is 48.8. The highest BCUT2D eigenvalue weighted by Gasteiger charge is 2.42. The normalized spacial score (nSPS) is 19.2. The molecule has 22 heteroatoms. The summed E-state index contributed by atoms with van der Waals surface area (Å²) >= 11 is 7.08. The number of carboxylic acids is 2. The van der Waals surface area contributed by atoms with E-state index in [4.69, 9.17) is 21.4 Å². The number of urea groups is 1. The first kappa shape index (κ1) is 48.2. The van der Waals surface area contributed by atoms with Gasteiger partial charge in [0.05, 0.1) is 27.4 Å². The van der Waals surface area contributed by atoms with E-state index in [2.05, 4.69) is 16.0 Å². The maximum absolute atomic E-state index is 16.1. The van der Waals surface area contributed by atoms with Crippen LogP contribution in [0.3, 0.4) is 0 Å². The van der Waals surface area contributed by atoms with Crippen molar-refractivity contribution in [3.05, 3.63) is 98.0 Å². The number of anilines is 2. The molecule has 360 valence electrons. The number of piperidine rings is 3. The highest BCUT2D eigenvalue weighted by molar-refractivity contribution is 7.88. The van der Waals surface area contributed by atoms with Gasteiger partial charge in [-0.15, -0.1) is 11.3 Å². The molecule has 5 aromatic rings. The topological polar surface area (TPSA) is 239 Å². The van der Waals surface area contributed by atoms with Crippen molar-refractivity contribution in [3.63, 3.8) is 0 Å². The molecule has 0 saturated carbocycles. The second-order valence-electron chi connectivity index (χ2n) is 17.9. The number of aryl methyl sites for hydroxylation is 1. The van der Waals surface area contributed by atoms with Crippen LogP contribution in [0.1, 0.15) is 85.1 Å². The molecule has 68 heavy (non-hydrogen) atoms. The van der Waals surface area contributed by atoms with Gasteiger partial charge in [-0.25, -0.2) is 32.0 Å². The number of imidazole rings is 1. The molecule has 3 fully saturated rings. The smallest absolute Gasteiger partial charge is 0.349 e. The fraction of sp³-hybridized carbons (Fsp3) is 0.391. The number of fused-ring (bicyclic) bond motifs is 1. The third-order valence-corrected chi connectivity index (χ3v) is 16.5. The van der Waals surface area contributed by atoms with Crippen LogP contribution in [-0.4, -0.2) is 105 Å². The van der Waals surface area contributed by atoms with Gasteiger partial charge in [-0.3, -0.25) is 24.0 Å². The predicted octanol–water partition coefficient (Wildman–Crippen LogP) is 6.60. The lowest BCUT2D eigenvalue weighted by Crippen LogP contribution is -2.55. The van der Waals surface area contributed by atoms with E-state index >= 15 is 4.39 Å². The third-order valence-electron chi connectivity index (χ3n) is 12.8. The van der Waals surface area contributed by atoms with E-state index in [9.17, 15) is 42.3 Å². The van der Waals surface area contributed by atoms with Gasteiger partial charge in [0.1, 0.15) is 11.1 Å². The molecule has 4 amide bonds. The van der Waals surface area contributed by atoms with Gasteiger partial charge in [-0.05, 0) is 93.3 Å². The van der Waals surface area contributed by atoms with Gasteiger partial charge < -0.3 is 30.5 Å². The maximum atomic E-state index is 16.1. The Morgan fingerprint density at radius 3 is 2.40 bits per heavy atom. The van der Waals surface area contributed by atoms with Crippen molar-refractivity contribution >= 4 is 85.2 Å². The summed E-state index contributed by atoms with van der Waals surface area (Å²) in [6.07, 6.45) is 2.36. The van der Waals surface area contributed by atoms with Crippen LogP contribution >= 0.6 is 22.9 Å². The number of hydrogen-bond acceptors (Lipinski definition) is 11. The van der Waals surface area contributed by atoms with Crippen LogP contribution in [0.4, 0.5) is 20.6 Å². The Morgan fingerprint density at radius 1 is 0.971 bits per heavy atom. The molecule has 2 atom stereocenters. The van der Waals surface area contributed by atoms with Crippen molar-refractivity contribution < 1.29 is 51.7 Å². The number of aliphatic carboxylic acids is 1. The number of carbonyl (C=O) groups excluding carboxylic acids is 3. The summed E-state index contributed by atoms with van der Waals surface area (Å²) < 4.78 is 53.7. The molecule has 3 aliphatic heterocycles. The molecule has 5 N–H and O–H groups in total. The van der Waals surface area contributed by atoms with E-state index in [1.165, 1.54) is 25.6 Å². The third kappa shape index (κ3) is 9.69. The zero-order valence-corrected chi connectivity index (χ0v) is 39.6. The fourth-order valence-electron chi connectivity index (χ4n) is 9.54. The number of carbonyl (C=O) groups is 5. The number of nitrogens with one attached hydrogen (secondary N) is 3. The Bertz CT molecular complexity index is 3030. The van der Waals surface area contributed by atoms with Crippen molar-refractivity contribution in [2.45, 2.75) is 81.7 Å². The lowest BCUT2D eigenvalue weighted by molar-refractivity contribution is -0.139. The molecular formula is C46H49ClFN7O11S2. The number of halogens is 2. The first-order chi connectivity index (χ1) is 32.2. The summed E-state index contributed by atoms with van der Waals surface area (Å²) in [5.74, 6) is -4.94. The fourth-order valence-corrected chi connectivity index (χ4v) is 12.9. The molecular weight excluding hydrogens is 945 g/mol. The number of imide groups is 1. The summed E-state index contributed by atoms with van der Waals surface area (Å²) in [7, 11) is -2.24. The Hall–Kier alpha value is -6.29. The molecule has 18 nitrogen and oxygen atoms in total. The van der Waals surface area contributed by atoms with Crippen LogP contribution in [0.15, 0.2) is 65.5 Å². The summed E-state index contributed by atoms with van der Waals surface area (Å²) in [5, 5.41) is 26.9. The maximum Gasteiger partial charge on any atom is 0.349 e. The van der Waals surface area contributed by atoms with Gasteiger partial charge >= 0.3 is 23.7 Å². The molecule has 0 aliphatic carbocycles. The van der Waals surface area contributed by atoms with Crippen LogP contribution in [0.2, 0.25) is 5.02 Å². The number of likely N-dealkylation sites (tertiary alicyclic amines) is 1. The molecule has 0 bridgehead atoms. The van der Waals surface area contributed by atoms with E-state index < -0.39 is 51.9 Å². The number of sulfonamides is 1. The van der Waals surface area contributed by atoms with E-state index in [1.54, 1.807) is 56.1 Å². The average Bonchev–Trinajstić information content (AvgIpc) is 3.74. The molecule has 5 heterocycles. The van der Waals surface area contributed by atoms with Crippen molar-refractivity contribution in [1.82, 2.24) is 23.7 Å². The number of aromatic nitrogens is 2. The first-order valence-electron chi connectivity index (χ1n) is 21.9. The Labute approximate surface area is 398 Å². The van der Waals surface area contributed by atoms with Crippen LogP contribution in [0.25, 0.3) is 21.5 Å². The minimum atomic E-state index is -3.89. The number of nitrogens with zero attached hydrogens (tertiary/aromatic N) is 4. The number of thiophene rings is 1. The highest BCUT2D eigenvalue weighted by atomic mass is 35.5. The van der Waals surface area contributed by atoms with Crippen LogP contribution in [-0.2, 0) is 37.2 Å². The van der Waals surface area contributed by atoms with Crippen molar-refractivity contribution in [1.29, 1.82) is 0 Å². The van der Waals surface area contributed by atoms with E-state index in [1.807, 2.05) is 18.2 Å². The number of amides is 4. The molecule has 0 spiro atoms. The number of rotatable bonds is 13. The summed E-state index contributed by atoms with van der Waals surface area (Å²) in [6, 6.07) is 15.5. The average molecular weight is 995 g/mol. The number of aromatic carboxylic acids is 1. The Balaban J connectivity index is 0.868. The molecule has 8 rings (SSSR count). The summed E-state index contributed by atoms with van der Waals surface area (Å²) in [5.41, 5.74) is 2.02.